The average molecular weight is 1060 g/mol. The summed E-state index contributed by atoms with van der Waals surface area (Å²) in [5.74, 6) is -0.430. The summed E-state index contributed by atoms with van der Waals surface area (Å²) in [6, 6.07) is 0. The molecule has 1 fully saturated rings. The fourth-order valence-electron chi connectivity index (χ4n) is 7.17. The van der Waals surface area contributed by atoms with Gasteiger partial charge in [0.2, 0.25) is 11.8 Å². The van der Waals surface area contributed by atoms with Gasteiger partial charge in [0.1, 0.15) is 36.3 Å². The number of thioether (sulfide) groups is 1. The molecule has 0 spiro atoms. The quantitative estimate of drug-likeness (QED) is 0.0342. The summed E-state index contributed by atoms with van der Waals surface area (Å²) in [4.78, 5) is 88.5. The van der Waals surface area contributed by atoms with E-state index in [1.165, 1.54) is 71.6 Å². The molecule has 3 rings (SSSR count). The number of phosphoric ester groups is 3. The van der Waals surface area contributed by atoms with Crippen LogP contribution in [0, 0.1) is 11.3 Å². The molecule has 3 heterocycles. The van der Waals surface area contributed by atoms with Gasteiger partial charge in [-0.05, 0) is 12.3 Å². The van der Waals surface area contributed by atoms with Crippen LogP contribution in [-0.2, 0) is 50.7 Å². The number of nitrogens with two attached hydrogens (primary N) is 1. The number of ether oxygens (including phenoxy) is 1. The number of anilines is 1. The zero-order chi connectivity index (χ0) is 51.4. The van der Waals surface area contributed by atoms with Gasteiger partial charge >= 0.3 is 23.5 Å². The van der Waals surface area contributed by atoms with Crippen molar-refractivity contribution in [3.05, 3.63) is 12.7 Å². The molecule has 11 N–H and O–H groups in total. The van der Waals surface area contributed by atoms with Gasteiger partial charge in [-0.15, -0.1) is 0 Å². The highest BCUT2D eigenvalue weighted by molar-refractivity contribution is 8.13. The van der Waals surface area contributed by atoms with E-state index < -0.39 is 90.7 Å². The van der Waals surface area contributed by atoms with Crippen LogP contribution >= 0.6 is 35.2 Å². The molecule has 0 bridgehead atoms. The number of aliphatic hydroxyl groups is 3. The number of aliphatic hydroxyl groups excluding tert-OH is 3. The maximum Gasteiger partial charge on any atom is 0.481 e. The average Bonchev–Trinajstić information content (AvgIpc) is 3.81. The summed E-state index contributed by atoms with van der Waals surface area (Å²) in [7, 11) is -16.4. The Bertz CT molecular complexity index is 2070. The summed E-state index contributed by atoms with van der Waals surface area (Å²) in [6.45, 7) is 4.94. The van der Waals surface area contributed by atoms with Crippen LogP contribution in [0.2, 0.25) is 0 Å². The normalized spacial score (nSPS) is 20.4. The van der Waals surface area contributed by atoms with Crippen LogP contribution in [0.1, 0.15) is 130 Å². The molecule has 2 aromatic rings. The zero-order valence-electron chi connectivity index (χ0n) is 39.6. The smallest absolute Gasteiger partial charge is 0.393 e. The van der Waals surface area contributed by atoms with Crippen molar-refractivity contribution in [1.82, 2.24) is 30.2 Å². The molecule has 69 heavy (non-hydrogen) atoms. The monoisotopic (exact) mass is 1060 g/mol. The van der Waals surface area contributed by atoms with Crippen molar-refractivity contribution in [2.45, 2.75) is 161 Å². The molecule has 396 valence electrons. The zero-order valence-corrected chi connectivity index (χ0v) is 43.1. The fraction of sp³-hybridized carbons (Fsp3) is 0.800. The van der Waals surface area contributed by atoms with Crippen LogP contribution in [0.3, 0.4) is 0 Å². The lowest BCUT2D eigenvalue weighted by atomic mass is 9.87. The summed E-state index contributed by atoms with van der Waals surface area (Å²) in [5.41, 5.74) is 4.26. The topological polar surface area (TPSA) is 384 Å². The molecular formula is C40H72N7O18P3S. The molecule has 0 radical (unpaired) electrons. The number of hydrogen-bond donors (Lipinski definition) is 10. The molecule has 0 aliphatic carbocycles. The molecule has 25 nitrogen and oxygen atoms in total. The first-order chi connectivity index (χ1) is 32.3. The largest absolute Gasteiger partial charge is 0.481 e. The number of nitrogen functional groups attached to an aromatic ring is 1. The number of fused-ring (bicyclic) bond motifs is 1. The molecule has 2 amide bonds. The van der Waals surface area contributed by atoms with E-state index in [0.717, 1.165) is 54.2 Å². The van der Waals surface area contributed by atoms with Gasteiger partial charge in [-0.25, -0.2) is 28.6 Å². The molecule has 8 atom stereocenters. The predicted octanol–water partition coefficient (Wildman–Crippen LogP) is 4.14. The molecule has 1 aliphatic rings. The van der Waals surface area contributed by atoms with Crippen molar-refractivity contribution in [1.29, 1.82) is 0 Å². The first-order valence-corrected chi connectivity index (χ1v) is 28.5. The second kappa shape index (κ2) is 29.3. The van der Waals surface area contributed by atoms with E-state index in [2.05, 4.69) is 48.3 Å². The van der Waals surface area contributed by atoms with Crippen molar-refractivity contribution in [2.24, 2.45) is 11.3 Å². The minimum atomic E-state index is -5.59. The molecule has 1 saturated heterocycles. The van der Waals surface area contributed by atoms with Crippen LogP contribution in [0.25, 0.3) is 11.2 Å². The lowest BCUT2D eigenvalue weighted by Crippen LogP contribution is -2.46. The third-order valence-corrected chi connectivity index (χ3v) is 15.0. The summed E-state index contributed by atoms with van der Waals surface area (Å²) in [6.07, 6.45) is 7.47. The summed E-state index contributed by atoms with van der Waals surface area (Å²) in [5, 5.41) is 36.6. The van der Waals surface area contributed by atoms with E-state index in [4.69, 9.17) is 19.5 Å². The van der Waals surface area contributed by atoms with Gasteiger partial charge in [0.05, 0.1) is 25.6 Å². The first kappa shape index (κ1) is 60.8. The second-order valence-electron chi connectivity index (χ2n) is 18.0. The van der Waals surface area contributed by atoms with E-state index in [0.29, 0.717) is 6.42 Å². The molecule has 2 aromatic heterocycles. The number of unbranched alkanes of at least 4 members (excludes halogenated alkanes) is 10. The van der Waals surface area contributed by atoms with E-state index in [9.17, 15) is 63.0 Å². The van der Waals surface area contributed by atoms with Crippen LogP contribution in [-0.4, -0.2) is 134 Å². The van der Waals surface area contributed by atoms with Gasteiger partial charge in [0.15, 0.2) is 22.8 Å². The third-order valence-electron chi connectivity index (χ3n) is 11.0. The van der Waals surface area contributed by atoms with Crippen molar-refractivity contribution < 1.29 is 85.6 Å². The number of nitrogens with zero attached hydrogens (tertiary/aromatic N) is 4. The number of aromatic nitrogens is 4. The minimum absolute atomic E-state index is 0.0255. The Morgan fingerprint density at radius 3 is 2.07 bits per heavy atom. The Labute approximate surface area is 406 Å². The standard InChI is InChI=1S/C40H72N7O18P3S/c1-27(2)16-14-12-10-8-6-5-7-9-11-13-15-17-28(48)22-31(50)69-21-20-42-30(49)18-19-43-38(53)35(52)40(3,4)24-62-68(59,60)65-67(57,58)61-23-29-34(64-66(54,55)56)33(51)39(63-29)47-26-46-32-36(41)44-25-45-37(32)47/h25-29,33-35,39,48,51-52H,5-24H2,1-4H3,(H,42,49)(H,43,53)(H,57,58)(H,59,60)(H2,41,44,45)(H2,54,55,56)/t28-,29+,33+,34+,35-,39+/m0/s1. The number of imidazole rings is 1. The van der Waals surface area contributed by atoms with E-state index in [1.807, 2.05) is 0 Å². The highest BCUT2D eigenvalue weighted by Crippen LogP contribution is 2.61. The van der Waals surface area contributed by atoms with E-state index in [1.54, 1.807) is 0 Å². The summed E-state index contributed by atoms with van der Waals surface area (Å²) < 4.78 is 62.4. The van der Waals surface area contributed by atoms with E-state index >= 15 is 0 Å². The molecule has 2 unspecified atom stereocenters. The predicted molar refractivity (Wildman–Crippen MR) is 253 cm³/mol. The Balaban J connectivity index is 1.30. The molecule has 0 saturated carbocycles. The molecule has 0 aromatic carbocycles. The Hall–Kier alpha value is -2.48. The maximum absolute atomic E-state index is 12.7. The number of rotatable bonds is 35. The van der Waals surface area contributed by atoms with Gasteiger partial charge in [0.25, 0.3) is 0 Å². The number of carbonyl (C=O) groups excluding carboxylic acids is 3. The lowest BCUT2D eigenvalue weighted by molar-refractivity contribution is -0.137. The van der Waals surface area contributed by atoms with Crippen molar-refractivity contribution >= 4 is 69.1 Å². The Morgan fingerprint density at radius 1 is 0.870 bits per heavy atom. The maximum atomic E-state index is 12.7. The van der Waals surface area contributed by atoms with Crippen molar-refractivity contribution in [2.75, 3.05) is 37.8 Å². The van der Waals surface area contributed by atoms with Crippen molar-refractivity contribution in [3.63, 3.8) is 0 Å². The Morgan fingerprint density at radius 2 is 1.46 bits per heavy atom. The van der Waals surface area contributed by atoms with Gasteiger partial charge in [-0.2, -0.15) is 4.31 Å². The lowest BCUT2D eigenvalue weighted by Gasteiger charge is -2.30. The molecule has 1 aliphatic heterocycles. The number of amides is 2. The molecular weight excluding hydrogens is 991 g/mol. The molecule has 29 heteroatoms. The summed E-state index contributed by atoms with van der Waals surface area (Å²) >= 11 is 1.00. The first-order valence-electron chi connectivity index (χ1n) is 23.0. The number of phosphoric acid groups is 3. The fourth-order valence-corrected chi connectivity index (χ4v) is 10.7. The SMILES string of the molecule is CC(C)CCCCCCCCCCCCC[C@H](O)CC(=O)SCCNC(=O)CCNC(=O)[C@H](O)C(C)(C)COP(=O)(O)OP(=O)(O)OC[C@H]1O[C@@H](n2cnc3c(N)ncnc32)[C@H](O)[C@@H]1OP(=O)(O)O. The van der Waals surface area contributed by atoms with Gasteiger partial charge in [-0.1, -0.05) is 117 Å². The Kier molecular flexibility index (Phi) is 25.8. The van der Waals surface area contributed by atoms with Crippen LogP contribution in [0.4, 0.5) is 5.82 Å². The highest BCUT2D eigenvalue weighted by Gasteiger charge is 2.50. The van der Waals surface area contributed by atoms with E-state index in [-0.39, 0.29) is 53.8 Å². The van der Waals surface area contributed by atoms with Crippen LogP contribution < -0.4 is 16.4 Å². The van der Waals surface area contributed by atoms with Crippen LogP contribution in [0.5, 0.6) is 0 Å². The van der Waals surface area contributed by atoms with Gasteiger partial charge in [0, 0.05) is 37.1 Å². The van der Waals surface area contributed by atoms with Crippen LogP contribution in [0.15, 0.2) is 12.7 Å². The van der Waals surface area contributed by atoms with Gasteiger partial charge in [-0.3, -0.25) is 32.5 Å². The highest BCUT2D eigenvalue weighted by atomic mass is 32.2. The second-order valence-corrected chi connectivity index (χ2v) is 23.4. The number of nitrogens with one attached hydrogen (secondary N) is 2. The minimum Gasteiger partial charge on any atom is -0.393 e. The van der Waals surface area contributed by atoms with Crippen molar-refractivity contribution in [3.8, 4) is 0 Å². The number of hydrogen-bond acceptors (Lipinski definition) is 19. The van der Waals surface area contributed by atoms with Gasteiger partial charge < -0.3 is 56.0 Å². The number of carbonyl (C=O) groups is 3. The third kappa shape index (κ3) is 22.9.